The van der Waals surface area contributed by atoms with Gasteiger partial charge in [-0.1, -0.05) is 13.8 Å². The second-order valence-electron chi connectivity index (χ2n) is 6.15. The highest BCUT2D eigenvalue weighted by atomic mass is 16.2. The normalized spacial score (nSPS) is 25.3. The van der Waals surface area contributed by atoms with Crippen molar-refractivity contribution in [1.29, 1.82) is 0 Å². The average Bonchev–Trinajstić information content (AvgIpc) is 2.93. The van der Waals surface area contributed by atoms with Gasteiger partial charge in [-0.05, 0) is 38.0 Å². The summed E-state index contributed by atoms with van der Waals surface area (Å²) in [6, 6.07) is -0.230. The van der Waals surface area contributed by atoms with Gasteiger partial charge in [0.05, 0.1) is 0 Å². The molecular weight excluding hydrogens is 228 g/mol. The van der Waals surface area contributed by atoms with Crippen molar-refractivity contribution < 1.29 is 9.59 Å². The Morgan fingerprint density at radius 3 is 2.56 bits per heavy atom. The van der Waals surface area contributed by atoms with E-state index in [9.17, 15) is 9.59 Å². The Morgan fingerprint density at radius 1 is 1.39 bits per heavy atom. The molecule has 0 unspecified atom stereocenters. The highest BCUT2D eigenvalue weighted by molar-refractivity contribution is 5.91. The largest absolute Gasteiger partial charge is 0.357 e. The molecule has 2 rings (SSSR count). The molecule has 18 heavy (non-hydrogen) atoms. The van der Waals surface area contributed by atoms with Crippen molar-refractivity contribution in [3.63, 3.8) is 0 Å². The van der Waals surface area contributed by atoms with E-state index in [-0.39, 0.29) is 23.3 Å². The standard InChI is InChI=1S/C14H24N2O2/c1-10(2)9-14(6-7-14)13(18)16-8-4-5-11(16)12(17)15-3/h10-11H,4-9H2,1-3H3,(H,15,17)/t11-/m0/s1. The Balaban J connectivity index is 2.06. The molecule has 4 heteroatoms. The first-order valence-corrected chi connectivity index (χ1v) is 7.03. The van der Waals surface area contributed by atoms with Gasteiger partial charge in [-0.15, -0.1) is 0 Å². The molecule has 102 valence electrons. The number of carbonyl (C=O) groups excluding carboxylic acids is 2. The van der Waals surface area contributed by atoms with Gasteiger partial charge in [-0.25, -0.2) is 0 Å². The molecule has 0 aromatic rings. The molecule has 1 heterocycles. The third-order valence-electron chi connectivity index (χ3n) is 4.17. The summed E-state index contributed by atoms with van der Waals surface area (Å²) in [5, 5.41) is 2.67. The van der Waals surface area contributed by atoms with Crippen molar-refractivity contribution in [2.75, 3.05) is 13.6 Å². The zero-order valence-corrected chi connectivity index (χ0v) is 11.7. The van der Waals surface area contributed by atoms with E-state index in [2.05, 4.69) is 19.2 Å². The summed E-state index contributed by atoms with van der Waals surface area (Å²) < 4.78 is 0. The first-order valence-electron chi connectivity index (χ1n) is 7.03. The first kappa shape index (κ1) is 13.4. The summed E-state index contributed by atoms with van der Waals surface area (Å²) in [5.41, 5.74) is -0.134. The van der Waals surface area contributed by atoms with Crippen molar-refractivity contribution in [1.82, 2.24) is 10.2 Å². The van der Waals surface area contributed by atoms with E-state index in [1.807, 2.05) is 4.90 Å². The Kier molecular flexibility index (Phi) is 3.64. The molecule has 4 nitrogen and oxygen atoms in total. The molecule has 0 spiro atoms. The smallest absolute Gasteiger partial charge is 0.242 e. The van der Waals surface area contributed by atoms with E-state index in [1.54, 1.807) is 7.05 Å². The van der Waals surface area contributed by atoms with E-state index in [0.717, 1.165) is 38.6 Å². The Bertz CT molecular complexity index is 348. The lowest BCUT2D eigenvalue weighted by atomic mass is 9.92. The van der Waals surface area contributed by atoms with Gasteiger partial charge in [0.15, 0.2) is 0 Å². The van der Waals surface area contributed by atoms with Gasteiger partial charge >= 0.3 is 0 Å². The minimum atomic E-state index is -0.230. The number of nitrogens with zero attached hydrogens (tertiary/aromatic N) is 1. The van der Waals surface area contributed by atoms with E-state index < -0.39 is 0 Å². The number of likely N-dealkylation sites (N-methyl/N-ethyl adjacent to an activating group) is 1. The van der Waals surface area contributed by atoms with Crippen LogP contribution in [0.15, 0.2) is 0 Å². The van der Waals surface area contributed by atoms with Crippen molar-refractivity contribution in [3.8, 4) is 0 Å². The fourth-order valence-corrected chi connectivity index (χ4v) is 3.19. The fourth-order valence-electron chi connectivity index (χ4n) is 3.19. The van der Waals surface area contributed by atoms with Gasteiger partial charge in [0.2, 0.25) is 11.8 Å². The monoisotopic (exact) mass is 252 g/mol. The maximum atomic E-state index is 12.6. The minimum Gasteiger partial charge on any atom is -0.357 e. The quantitative estimate of drug-likeness (QED) is 0.825. The van der Waals surface area contributed by atoms with Crippen LogP contribution in [0.3, 0.4) is 0 Å². The fraction of sp³-hybridized carbons (Fsp3) is 0.857. The molecule has 2 fully saturated rings. The Hall–Kier alpha value is -1.06. The molecular formula is C14H24N2O2. The molecule has 1 saturated carbocycles. The summed E-state index contributed by atoms with van der Waals surface area (Å²) >= 11 is 0. The lowest BCUT2D eigenvalue weighted by Crippen LogP contribution is -2.47. The zero-order valence-electron chi connectivity index (χ0n) is 11.7. The lowest BCUT2D eigenvalue weighted by molar-refractivity contribution is -0.143. The van der Waals surface area contributed by atoms with E-state index in [0.29, 0.717) is 5.92 Å². The number of carbonyl (C=O) groups is 2. The number of likely N-dealkylation sites (tertiary alicyclic amines) is 1. The summed E-state index contributed by atoms with van der Waals surface area (Å²) in [4.78, 5) is 26.3. The Labute approximate surface area is 109 Å². The predicted octanol–water partition coefficient (Wildman–Crippen LogP) is 1.55. The molecule has 0 radical (unpaired) electrons. The number of rotatable bonds is 4. The molecule has 1 aliphatic carbocycles. The molecule has 1 saturated heterocycles. The number of hydrogen-bond donors (Lipinski definition) is 1. The van der Waals surface area contributed by atoms with Crippen molar-refractivity contribution in [2.45, 2.75) is 52.0 Å². The van der Waals surface area contributed by atoms with Crippen LogP contribution in [0.1, 0.15) is 46.0 Å². The maximum Gasteiger partial charge on any atom is 0.242 e. The first-order chi connectivity index (χ1) is 8.50. The number of nitrogens with one attached hydrogen (secondary N) is 1. The summed E-state index contributed by atoms with van der Waals surface area (Å²) in [7, 11) is 1.64. The van der Waals surface area contributed by atoms with E-state index in [1.165, 1.54) is 0 Å². The van der Waals surface area contributed by atoms with Crippen LogP contribution in [0, 0.1) is 11.3 Å². The van der Waals surface area contributed by atoms with Gasteiger partial charge in [-0.3, -0.25) is 9.59 Å². The summed E-state index contributed by atoms with van der Waals surface area (Å²) in [5.74, 6) is 0.751. The minimum absolute atomic E-state index is 0.0128. The molecule has 1 atom stereocenters. The molecule has 0 aromatic heterocycles. The number of hydrogen-bond acceptors (Lipinski definition) is 2. The molecule has 1 aliphatic heterocycles. The van der Waals surface area contributed by atoms with Crippen LogP contribution >= 0.6 is 0 Å². The average molecular weight is 252 g/mol. The van der Waals surface area contributed by atoms with Crippen molar-refractivity contribution in [3.05, 3.63) is 0 Å². The van der Waals surface area contributed by atoms with Gasteiger partial charge in [0.1, 0.15) is 6.04 Å². The molecule has 2 aliphatic rings. The molecule has 1 N–H and O–H groups in total. The zero-order chi connectivity index (χ0) is 13.3. The SMILES string of the molecule is CNC(=O)[C@@H]1CCCN1C(=O)C1(CC(C)C)CC1. The summed E-state index contributed by atoms with van der Waals surface area (Å²) in [6.45, 7) is 5.07. The summed E-state index contributed by atoms with van der Waals surface area (Å²) in [6.07, 6.45) is 4.72. The lowest BCUT2D eigenvalue weighted by Gasteiger charge is -2.28. The van der Waals surface area contributed by atoms with E-state index in [4.69, 9.17) is 0 Å². The van der Waals surface area contributed by atoms with Crippen LogP contribution in [-0.2, 0) is 9.59 Å². The van der Waals surface area contributed by atoms with Crippen molar-refractivity contribution in [2.24, 2.45) is 11.3 Å². The van der Waals surface area contributed by atoms with Gasteiger partial charge in [0, 0.05) is 19.0 Å². The van der Waals surface area contributed by atoms with Crippen molar-refractivity contribution >= 4 is 11.8 Å². The maximum absolute atomic E-state index is 12.6. The van der Waals surface area contributed by atoms with Crippen LogP contribution in [0.5, 0.6) is 0 Å². The predicted molar refractivity (Wildman–Crippen MR) is 69.9 cm³/mol. The van der Waals surface area contributed by atoms with Crippen LogP contribution < -0.4 is 5.32 Å². The molecule has 0 bridgehead atoms. The second kappa shape index (κ2) is 4.90. The third-order valence-corrected chi connectivity index (χ3v) is 4.17. The Morgan fingerprint density at radius 2 is 2.06 bits per heavy atom. The third kappa shape index (κ3) is 2.38. The van der Waals surface area contributed by atoms with Crippen LogP contribution in [0.25, 0.3) is 0 Å². The molecule has 0 aromatic carbocycles. The van der Waals surface area contributed by atoms with Crippen LogP contribution in [0.2, 0.25) is 0 Å². The van der Waals surface area contributed by atoms with Crippen LogP contribution in [0.4, 0.5) is 0 Å². The van der Waals surface area contributed by atoms with Gasteiger partial charge < -0.3 is 10.2 Å². The number of amides is 2. The highest BCUT2D eigenvalue weighted by Crippen LogP contribution is 2.52. The van der Waals surface area contributed by atoms with Gasteiger partial charge in [-0.2, -0.15) is 0 Å². The highest BCUT2D eigenvalue weighted by Gasteiger charge is 2.53. The topological polar surface area (TPSA) is 49.4 Å². The van der Waals surface area contributed by atoms with Gasteiger partial charge in [0.25, 0.3) is 0 Å². The second-order valence-corrected chi connectivity index (χ2v) is 6.15. The van der Waals surface area contributed by atoms with Crippen LogP contribution in [-0.4, -0.2) is 36.3 Å². The van der Waals surface area contributed by atoms with E-state index >= 15 is 0 Å². The molecule has 2 amide bonds.